The van der Waals surface area contributed by atoms with Gasteiger partial charge in [-0.05, 0) is 37.7 Å². The number of carbonyl (C=O) groups is 1. The van der Waals surface area contributed by atoms with E-state index in [1.54, 1.807) is 24.0 Å². The zero-order valence-corrected chi connectivity index (χ0v) is 13.5. The van der Waals surface area contributed by atoms with E-state index in [9.17, 15) is 20.0 Å². The van der Waals surface area contributed by atoms with Gasteiger partial charge in [0, 0.05) is 25.8 Å². The van der Waals surface area contributed by atoms with Crippen LogP contribution in [0.4, 0.5) is 16.2 Å². The van der Waals surface area contributed by atoms with Crippen molar-refractivity contribution >= 4 is 17.4 Å². The van der Waals surface area contributed by atoms with Crippen molar-refractivity contribution < 1.29 is 14.8 Å². The van der Waals surface area contributed by atoms with Crippen LogP contribution in [0.2, 0.25) is 0 Å². The van der Waals surface area contributed by atoms with Crippen molar-refractivity contribution in [2.75, 3.05) is 25.0 Å². The number of piperidine rings is 1. The Morgan fingerprint density at radius 3 is 2.61 bits per heavy atom. The largest absolute Gasteiger partial charge is 0.396 e. The second-order valence-corrected chi connectivity index (χ2v) is 6.14. The van der Waals surface area contributed by atoms with Crippen LogP contribution in [0, 0.1) is 22.5 Å². The smallest absolute Gasteiger partial charge is 0.321 e. The maximum absolute atomic E-state index is 12.4. The minimum atomic E-state index is -0.456. The minimum absolute atomic E-state index is 0.00766. The molecule has 2 amide bonds. The first kappa shape index (κ1) is 17.2. The van der Waals surface area contributed by atoms with Gasteiger partial charge in [0.15, 0.2) is 0 Å². The van der Waals surface area contributed by atoms with Crippen molar-refractivity contribution in [3.63, 3.8) is 0 Å². The van der Waals surface area contributed by atoms with Gasteiger partial charge in [-0.2, -0.15) is 0 Å². The van der Waals surface area contributed by atoms with Crippen molar-refractivity contribution in [1.82, 2.24) is 4.90 Å². The molecule has 0 atom stereocenters. The summed E-state index contributed by atoms with van der Waals surface area (Å²) in [6.07, 6.45) is 2.42. The quantitative estimate of drug-likeness (QED) is 0.658. The van der Waals surface area contributed by atoms with E-state index in [4.69, 9.17) is 0 Å². The van der Waals surface area contributed by atoms with Crippen molar-refractivity contribution in [2.45, 2.75) is 33.1 Å². The molecule has 2 N–H and O–H groups in total. The maximum atomic E-state index is 12.4. The zero-order valence-electron chi connectivity index (χ0n) is 13.5. The Labute approximate surface area is 135 Å². The molecule has 1 aliphatic heterocycles. The van der Waals surface area contributed by atoms with Gasteiger partial charge in [-0.3, -0.25) is 10.1 Å². The molecule has 7 nitrogen and oxygen atoms in total. The van der Waals surface area contributed by atoms with Crippen LogP contribution in [0.15, 0.2) is 18.2 Å². The molecule has 23 heavy (non-hydrogen) atoms. The Kier molecular flexibility index (Phi) is 5.20. The molecule has 0 unspecified atom stereocenters. The first-order valence-corrected chi connectivity index (χ1v) is 7.83. The molecule has 0 spiro atoms. The summed E-state index contributed by atoms with van der Waals surface area (Å²) in [5, 5.41) is 23.3. The Hall–Kier alpha value is -2.15. The number of nitrogens with one attached hydrogen (secondary N) is 1. The number of nitro groups is 1. The van der Waals surface area contributed by atoms with Crippen LogP contribution >= 0.6 is 0 Å². The van der Waals surface area contributed by atoms with Crippen LogP contribution in [-0.2, 0) is 0 Å². The number of hydrogen-bond donors (Lipinski definition) is 2. The normalized spacial score (nSPS) is 16.9. The number of carbonyl (C=O) groups excluding carboxylic acids is 1. The lowest BCUT2D eigenvalue weighted by Gasteiger charge is -2.40. The average Bonchev–Trinajstić information content (AvgIpc) is 2.56. The standard InChI is InChI=1S/C16H23N3O4/c1-3-16(11-20)7-9-18(10-8-16)15(21)17-13-5-4-6-14(12(13)2)19(22)23/h4-6,20H,3,7-11H2,1-2H3,(H,17,21). The molecule has 1 aromatic rings. The van der Waals surface area contributed by atoms with E-state index in [2.05, 4.69) is 12.2 Å². The van der Waals surface area contributed by atoms with E-state index in [0.29, 0.717) is 24.3 Å². The number of nitro benzene ring substituents is 1. The summed E-state index contributed by atoms with van der Waals surface area (Å²) in [4.78, 5) is 24.6. The number of aliphatic hydroxyl groups excluding tert-OH is 1. The Balaban J connectivity index is 2.04. The van der Waals surface area contributed by atoms with Gasteiger partial charge < -0.3 is 15.3 Å². The van der Waals surface area contributed by atoms with Gasteiger partial charge in [0.1, 0.15) is 0 Å². The first-order valence-electron chi connectivity index (χ1n) is 7.83. The molecule has 1 fully saturated rings. The third-order valence-corrected chi connectivity index (χ3v) is 4.94. The van der Waals surface area contributed by atoms with Crippen molar-refractivity contribution in [1.29, 1.82) is 0 Å². The van der Waals surface area contributed by atoms with Crippen molar-refractivity contribution in [3.8, 4) is 0 Å². The summed E-state index contributed by atoms with van der Waals surface area (Å²) in [6.45, 7) is 4.97. The highest BCUT2D eigenvalue weighted by Crippen LogP contribution is 2.34. The molecule has 1 heterocycles. The fraction of sp³-hybridized carbons (Fsp3) is 0.562. The van der Waals surface area contributed by atoms with Crippen LogP contribution in [0.5, 0.6) is 0 Å². The highest BCUT2D eigenvalue weighted by atomic mass is 16.6. The van der Waals surface area contributed by atoms with Gasteiger partial charge in [0.05, 0.1) is 16.2 Å². The number of urea groups is 1. The Morgan fingerprint density at radius 1 is 1.43 bits per heavy atom. The second-order valence-electron chi connectivity index (χ2n) is 6.14. The number of hydrogen-bond acceptors (Lipinski definition) is 4. The van der Waals surface area contributed by atoms with E-state index in [1.165, 1.54) is 6.07 Å². The highest BCUT2D eigenvalue weighted by Gasteiger charge is 2.34. The summed E-state index contributed by atoms with van der Waals surface area (Å²) in [6, 6.07) is 4.39. The number of likely N-dealkylation sites (tertiary alicyclic amines) is 1. The molecular formula is C16H23N3O4. The Bertz CT molecular complexity index is 589. The molecule has 1 aromatic carbocycles. The van der Waals surface area contributed by atoms with Crippen molar-refractivity contribution in [3.05, 3.63) is 33.9 Å². The lowest BCUT2D eigenvalue weighted by atomic mass is 9.77. The van der Waals surface area contributed by atoms with Crippen LogP contribution in [-0.4, -0.2) is 40.7 Å². The number of anilines is 1. The molecule has 1 aliphatic rings. The van der Waals surface area contributed by atoms with Crippen LogP contribution in [0.25, 0.3) is 0 Å². The minimum Gasteiger partial charge on any atom is -0.396 e. The molecule has 0 bridgehead atoms. The topological polar surface area (TPSA) is 95.7 Å². The van der Waals surface area contributed by atoms with Gasteiger partial charge in [0.2, 0.25) is 0 Å². The molecule has 0 aliphatic carbocycles. The molecule has 0 radical (unpaired) electrons. The number of amides is 2. The third-order valence-electron chi connectivity index (χ3n) is 4.94. The summed E-state index contributed by atoms with van der Waals surface area (Å²) in [5.41, 5.74) is 0.810. The molecule has 0 saturated carbocycles. The summed E-state index contributed by atoms with van der Waals surface area (Å²) < 4.78 is 0. The average molecular weight is 321 g/mol. The predicted octanol–water partition coefficient (Wildman–Crippen LogP) is 2.92. The monoisotopic (exact) mass is 321 g/mol. The number of benzene rings is 1. The van der Waals surface area contributed by atoms with Gasteiger partial charge >= 0.3 is 6.03 Å². The maximum Gasteiger partial charge on any atom is 0.321 e. The van der Waals surface area contributed by atoms with Crippen LogP contribution < -0.4 is 5.32 Å². The molecule has 1 saturated heterocycles. The molecular weight excluding hydrogens is 298 g/mol. The zero-order chi connectivity index (χ0) is 17.0. The number of aliphatic hydroxyl groups is 1. The van der Waals surface area contributed by atoms with Gasteiger partial charge in [0.25, 0.3) is 5.69 Å². The van der Waals surface area contributed by atoms with E-state index in [-0.39, 0.29) is 23.7 Å². The van der Waals surface area contributed by atoms with Crippen LogP contribution in [0.1, 0.15) is 31.7 Å². The van der Waals surface area contributed by atoms with Crippen LogP contribution in [0.3, 0.4) is 0 Å². The number of rotatable bonds is 4. The fourth-order valence-corrected chi connectivity index (χ4v) is 2.96. The molecule has 7 heteroatoms. The highest BCUT2D eigenvalue weighted by molar-refractivity contribution is 5.90. The van der Waals surface area contributed by atoms with Crippen molar-refractivity contribution in [2.24, 2.45) is 5.41 Å². The molecule has 0 aromatic heterocycles. The third kappa shape index (κ3) is 3.61. The van der Waals surface area contributed by atoms with Gasteiger partial charge in [-0.15, -0.1) is 0 Å². The van der Waals surface area contributed by atoms with E-state index in [0.717, 1.165) is 19.3 Å². The van der Waals surface area contributed by atoms with E-state index in [1.807, 2.05) is 0 Å². The predicted molar refractivity (Wildman–Crippen MR) is 87.5 cm³/mol. The summed E-state index contributed by atoms with van der Waals surface area (Å²) >= 11 is 0. The fourth-order valence-electron chi connectivity index (χ4n) is 2.96. The molecule has 2 rings (SSSR count). The van der Waals surface area contributed by atoms with E-state index >= 15 is 0 Å². The SMILES string of the molecule is CCC1(CO)CCN(C(=O)Nc2cccc([N+](=O)[O-])c2C)CC1. The lowest BCUT2D eigenvalue weighted by Crippen LogP contribution is -2.46. The summed E-state index contributed by atoms with van der Waals surface area (Å²) in [7, 11) is 0. The Morgan fingerprint density at radius 2 is 2.09 bits per heavy atom. The summed E-state index contributed by atoms with van der Waals surface area (Å²) in [5.74, 6) is 0. The van der Waals surface area contributed by atoms with E-state index < -0.39 is 4.92 Å². The van der Waals surface area contributed by atoms with Gasteiger partial charge in [-0.25, -0.2) is 4.79 Å². The lowest BCUT2D eigenvalue weighted by molar-refractivity contribution is -0.385. The molecule has 126 valence electrons. The second kappa shape index (κ2) is 6.95. The van der Waals surface area contributed by atoms with Gasteiger partial charge in [-0.1, -0.05) is 13.0 Å². The number of nitrogens with zero attached hydrogens (tertiary/aromatic N) is 2. The first-order chi connectivity index (χ1) is 10.9.